The Hall–Kier alpha value is -2.98. The number of pyridine rings is 1. The van der Waals surface area contributed by atoms with Gasteiger partial charge < -0.3 is 14.8 Å². The maximum Gasteiger partial charge on any atom is 0.250 e. The predicted molar refractivity (Wildman–Crippen MR) is 133 cm³/mol. The molecule has 4 heterocycles. The third-order valence-corrected chi connectivity index (χ3v) is 7.68. The second-order valence-corrected chi connectivity index (χ2v) is 10.1. The molecule has 2 atom stereocenters. The van der Waals surface area contributed by atoms with Gasteiger partial charge in [0, 0.05) is 37.3 Å². The molecule has 3 aliphatic rings. The maximum absolute atomic E-state index is 12.5. The average molecular weight is 482 g/mol. The van der Waals surface area contributed by atoms with Crippen LogP contribution in [0.1, 0.15) is 18.0 Å². The number of hydrogen-bond acceptors (Lipinski definition) is 7. The van der Waals surface area contributed by atoms with Crippen LogP contribution in [-0.4, -0.2) is 56.7 Å². The Bertz CT molecular complexity index is 1200. The first-order valence-corrected chi connectivity index (χ1v) is 12.2. The number of rotatable bonds is 3. The van der Waals surface area contributed by atoms with Gasteiger partial charge >= 0.3 is 0 Å². The van der Waals surface area contributed by atoms with Crippen molar-refractivity contribution >= 4 is 51.5 Å². The summed E-state index contributed by atoms with van der Waals surface area (Å²) in [5, 5.41) is 8.45. The van der Waals surface area contributed by atoms with Crippen LogP contribution in [0.3, 0.4) is 0 Å². The highest BCUT2D eigenvalue weighted by Crippen LogP contribution is 2.36. The third-order valence-electron chi connectivity index (χ3n) is 6.15. The number of anilines is 1. The van der Waals surface area contributed by atoms with Gasteiger partial charge in [-0.2, -0.15) is 5.10 Å². The summed E-state index contributed by atoms with van der Waals surface area (Å²) in [6.45, 7) is 2.33. The molecule has 0 unspecified atom stereocenters. The van der Waals surface area contributed by atoms with Crippen LogP contribution in [0.2, 0.25) is 0 Å². The van der Waals surface area contributed by atoms with Crippen molar-refractivity contribution in [2.45, 2.75) is 18.9 Å². The van der Waals surface area contributed by atoms with Crippen LogP contribution in [0.25, 0.3) is 0 Å². The maximum atomic E-state index is 12.5. The number of thiocarbonyl (C=S) groups is 1. The van der Waals surface area contributed by atoms with Crippen molar-refractivity contribution in [2.24, 2.45) is 11.0 Å². The summed E-state index contributed by atoms with van der Waals surface area (Å²) in [6.07, 6.45) is 1.05. The van der Waals surface area contributed by atoms with Gasteiger partial charge in [-0.15, -0.1) is 0 Å². The molecule has 5 rings (SSSR count). The van der Waals surface area contributed by atoms with E-state index in [9.17, 15) is 14.4 Å². The van der Waals surface area contributed by atoms with E-state index in [0.717, 1.165) is 30.9 Å². The first-order chi connectivity index (χ1) is 16.0. The molecular weight excluding hydrogens is 458 g/mol. The average Bonchev–Trinajstić information content (AvgIpc) is 3.18. The highest BCUT2D eigenvalue weighted by Gasteiger charge is 2.35. The standard InChI is InChI=1S/C23H23N5O3S2/c29-19-13-28(17-5-2-1-3-6-17)25-22(19)24-20(30)14-33-23(32)26-10-15-9-16(12-26)18-7-4-8-21(31)27(18)11-15/h1-8,15-16H,9-14H2,(H,24,25,30)/t15-,16+/m1/s1. The zero-order chi connectivity index (χ0) is 22.9. The zero-order valence-electron chi connectivity index (χ0n) is 17.8. The van der Waals surface area contributed by atoms with Gasteiger partial charge in [0.15, 0.2) is 5.84 Å². The van der Waals surface area contributed by atoms with Crippen LogP contribution in [-0.2, 0) is 16.1 Å². The molecule has 8 nitrogen and oxygen atoms in total. The number of hydrogen-bond donors (Lipinski definition) is 1. The van der Waals surface area contributed by atoms with E-state index in [0.29, 0.717) is 16.8 Å². The number of nitrogens with zero attached hydrogens (tertiary/aromatic N) is 4. The fourth-order valence-corrected chi connectivity index (χ4v) is 5.68. The van der Waals surface area contributed by atoms with Crippen molar-refractivity contribution in [1.82, 2.24) is 14.8 Å². The highest BCUT2D eigenvalue weighted by molar-refractivity contribution is 8.23. The topological polar surface area (TPSA) is 87.0 Å². The number of nitrogens with one attached hydrogen (secondary N) is 1. The van der Waals surface area contributed by atoms with Crippen LogP contribution in [0.5, 0.6) is 0 Å². The number of likely N-dealkylation sites (tertiary alicyclic amines) is 1. The minimum Gasteiger partial charge on any atom is -0.356 e. The number of carbonyl (C=O) groups is 2. The van der Waals surface area contributed by atoms with Gasteiger partial charge in [-0.1, -0.05) is 48.2 Å². The molecule has 1 saturated heterocycles. The number of thioether (sulfide) groups is 1. The highest BCUT2D eigenvalue weighted by atomic mass is 32.2. The van der Waals surface area contributed by atoms with Crippen LogP contribution < -0.4 is 15.9 Å². The first kappa shape index (κ1) is 21.8. The number of ketones is 1. The van der Waals surface area contributed by atoms with Crippen molar-refractivity contribution in [3.8, 4) is 0 Å². The summed E-state index contributed by atoms with van der Waals surface area (Å²) in [7, 11) is 0. The van der Waals surface area contributed by atoms with Crippen LogP contribution >= 0.6 is 24.0 Å². The molecule has 33 heavy (non-hydrogen) atoms. The quantitative estimate of drug-likeness (QED) is 0.669. The van der Waals surface area contributed by atoms with Gasteiger partial charge in [-0.25, -0.2) is 0 Å². The molecule has 10 heteroatoms. The lowest BCUT2D eigenvalue weighted by Crippen LogP contribution is -2.48. The van der Waals surface area contributed by atoms with Gasteiger partial charge in [0.2, 0.25) is 11.7 Å². The number of amides is 1. The number of hydrazone groups is 1. The van der Waals surface area contributed by atoms with Gasteiger partial charge in [0.05, 0.1) is 11.4 Å². The molecule has 1 aromatic heterocycles. The van der Waals surface area contributed by atoms with Crippen molar-refractivity contribution in [1.29, 1.82) is 0 Å². The summed E-state index contributed by atoms with van der Waals surface area (Å²) in [6, 6.07) is 14.8. The summed E-state index contributed by atoms with van der Waals surface area (Å²) in [4.78, 5) is 39.1. The Morgan fingerprint density at radius 1 is 1.09 bits per heavy atom. The fraction of sp³-hybridized carbons (Fsp3) is 0.348. The van der Waals surface area contributed by atoms with E-state index in [2.05, 4.69) is 15.3 Å². The second kappa shape index (κ2) is 9.11. The minimum absolute atomic E-state index is 0.0551. The zero-order valence-corrected chi connectivity index (χ0v) is 19.5. The fourth-order valence-electron chi connectivity index (χ4n) is 4.70. The number of Topliss-reactive ketones (excluding diaryl/α,β-unsaturated/α-hetero) is 1. The van der Waals surface area contributed by atoms with Gasteiger partial charge in [-0.3, -0.25) is 19.4 Å². The summed E-state index contributed by atoms with van der Waals surface area (Å²) in [5.41, 5.74) is 1.92. The third kappa shape index (κ3) is 4.58. The molecule has 0 saturated carbocycles. The molecular formula is C23H23N5O3S2. The Morgan fingerprint density at radius 2 is 1.91 bits per heavy atom. The first-order valence-electron chi connectivity index (χ1n) is 10.8. The Balaban J connectivity index is 1.16. The molecule has 2 aromatic rings. The Labute approximate surface area is 200 Å². The summed E-state index contributed by atoms with van der Waals surface area (Å²) < 4.78 is 2.55. The van der Waals surface area contributed by atoms with Crippen molar-refractivity contribution < 1.29 is 9.59 Å². The van der Waals surface area contributed by atoms with Crippen molar-refractivity contribution in [3.05, 3.63) is 64.6 Å². The molecule has 0 radical (unpaired) electrons. The van der Waals surface area contributed by atoms with Crippen molar-refractivity contribution in [3.63, 3.8) is 0 Å². The normalized spacial score (nSPS) is 21.5. The van der Waals surface area contributed by atoms with E-state index >= 15 is 0 Å². The number of carbonyl (C=O) groups excluding carboxylic acids is 2. The second-order valence-electron chi connectivity index (χ2n) is 8.47. The van der Waals surface area contributed by atoms with E-state index in [1.54, 1.807) is 11.1 Å². The molecule has 2 bridgehead atoms. The van der Waals surface area contributed by atoms with Crippen LogP contribution in [0, 0.1) is 5.92 Å². The molecule has 0 spiro atoms. The summed E-state index contributed by atoms with van der Waals surface area (Å²) >= 11 is 6.91. The SMILES string of the molecule is O=C(CSC(=S)N1C[C@H]2C[C@@H](C1)c1cccc(=O)n1C2)NC1=NN(c2ccccc2)CC1=O. The molecule has 1 N–H and O–H groups in total. The lowest BCUT2D eigenvalue weighted by molar-refractivity contribution is -0.118. The molecule has 1 fully saturated rings. The van der Waals surface area contributed by atoms with Gasteiger partial charge in [-0.05, 0) is 30.5 Å². The molecule has 1 amide bonds. The number of piperidine rings is 1. The lowest BCUT2D eigenvalue weighted by Gasteiger charge is -2.43. The van der Waals surface area contributed by atoms with E-state index in [1.165, 1.54) is 11.8 Å². The Morgan fingerprint density at radius 3 is 2.73 bits per heavy atom. The Kier molecular flexibility index (Phi) is 6.03. The summed E-state index contributed by atoms with van der Waals surface area (Å²) in [5.74, 6) is 0.255. The van der Waals surface area contributed by atoms with E-state index in [-0.39, 0.29) is 41.3 Å². The molecule has 0 aliphatic carbocycles. The van der Waals surface area contributed by atoms with E-state index in [4.69, 9.17) is 12.2 Å². The molecule has 170 valence electrons. The number of fused-ring (bicyclic) bond motifs is 4. The molecule has 3 aliphatic heterocycles. The van der Waals surface area contributed by atoms with Gasteiger partial charge in [0.1, 0.15) is 10.9 Å². The number of para-hydroxylation sites is 1. The van der Waals surface area contributed by atoms with Crippen molar-refractivity contribution in [2.75, 3.05) is 30.4 Å². The predicted octanol–water partition coefficient (Wildman–Crippen LogP) is 1.80. The number of amidine groups is 1. The largest absolute Gasteiger partial charge is 0.356 e. The minimum atomic E-state index is -0.307. The number of aromatic nitrogens is 1. The van der Waals surface area contributed by atoms with E-state index in [1.807, 2.05) is 47.0 Å². The lowest BCUT2D eigenvalue weighted by atomic mass is 9.83. The number of benzene rings is 1. The van der Waals surface area contributed by atoms with E-state index < -0.39 is 0 Å². The van der Waals surface area contributed by atoms with Crippen LogP contribution in [0.15, 0.2) is 58.4 Å². The smallest absolute Gasteiger partial charge is 0.250 e. The monoisotopic (exact) mass is 481 g/mol. The van der Waals surface area contributed by atoms with Crippen LogP contribution in [0.4, 0.5) is 5.69 Å². The van der Waals surface area contributed by atoms with Gasteiger partial charge in [0.25, 0.3) is 5.56 Å². The molecule has 1 aromatic carbocycles.